The van der Waals surface area contributed by atoms with E-state index in [1.54, 1.807) is 0 Å². The van der Waals surface area contributed by atoms with Crippen LogP contribution in [0.15, 0.2) is 0 Å². The minimum absolute atomic E-state index is 0.132. The molecule has 3 nitrogen and oxygen atoms in total. The fraction of sp³-hybridized carbons (Fsp3) is 0.917. The zero-order valence-corrected chi connectivity index (χ0v) is 9.78. The topological polar surface area (TPSA) is 46.3 Å². The van der Waals surface area contributed by atoms with Gasteiger partial charge >= 0.3 is 0 Å². The molecular formula is C12H22N2O. The molecule has 4 unspecified atom stereocenters. The van der Waals surface area contributed by atoms with Gasteiger partial charge in [-0.2, -0.15) is 0 Å². The number of nitrogens with zero attached hydrogens (tertiary/aromatic N) is 1. The Morgan fingerprint density at radius 1 is 1.33 bits per heavy atom. The van der Waals surface area contributed by atoms with Crippen LogP contribution >= 0.6 is 0 Å². The molecule has 4 atom stereocenters. The maximum Gasteiger partial charge on any atom is 0.227 e. The van der Waals surface area contributed by atoms with Gasteiger partial charge in [0, 0.05) is 19.1 Å². The standard InChI is InChI=1S/C12H22N2O/c1-8-4-3-5-9(6-8)14(2)12(15)10-7-11(10)13/h8-11H,3-7,13H2,1-2H3. The predicted molar refractivity (Wildman–Crippen MR) is 60.3 cm³/mol. The largest absolute Gasteiger partial charge is 0.342 e. The average molecular weight is 210 g/mol. The summed E-state index contributed by atoms with van der Waals surface area (Å²) in [7, 11) is 1.95. The Labute approximate surface area is 92.0 Å². The zero-order valence-electron chi connectivity index (χ0n) is 9.78. The molecule has 0 aromatic carbocycles. The first kappa shape index (κ1) is 10.9. The number of hydrogen-bond acceptors (Lipinski definition) is 2. The summed E-state index contributed by atoms with van der Waals surface area (Å²) in [6, 6.07) is 0.606. The highest BCUT2D eigenvalue weighted by molar-refractivity contribution is 5.82. The molecular weight excluding hydrogens is 188 g/mol. The van der Waals surface area contributed by atoms with E-state index in [0.717, 1.165) is 12.3 Å². The van der Waals surface area contributed by atoms with Crippen LogP contribution < -0.4 is 5.73 Å². The normalized spacial score (nSPS) is 39.9. The van der Waals surface area contributed by atoms with Gasteiger partial charge in [0.2, 0.25) is 5.91 Å². The Bertz CT molecular complexity index is 254. The van der Waals surface area contributed by atoms with Gasteiger partial charge in [0.05, 0.1) is 5.92 Å². The molecule has 15 heavy (non-hydrogen) atoms. The van der Waals surface area contributed by atoms with Crippen LogP contribution in [-0.2, 0) is 4.79 Å². The number of rotatable bonds is 2. The lowest BCUT2D eigenvalue weighted by Gasteiger charge is -2.34. The third-order valence-corrected chi connectivity index (χ3v) is 3.96. The molecule has 0 radical (unpaired) electrons. The molecule has 0 spiro atoms. The highest BCUT2D eigenvalue weighted by Crippen LogP contribution is 2.33. The highest BCUT2D eigenvalue weighted by atomic mass is 16.2. The van der Waals surface area contributed by atoms with E-state index in [4.69, 9.17) is 5.73 Å². The van der Waals surface area contributed by atoms with Gasteiger partial charge in [-0.1, -0.05) is 19.8 Å². The number of amides is 1. The Balaban J connectivity index is 1.89. The first-order valence-electron chi connectivity index (χ1n) is 6.12. The van der Waals surface area contributed by atoms with Crippen LogP contribution in [0.5, 0.6) is 0 Å². The van der Waals surface area contributed by atoms with E-state index in [9.17, 15) is 4.79 Å². The van der Waals surface area contributed by atoms with Crippen molar-refractivity contribution in [1.29, 1.82) is 0 Å². The molecule has 2 aliphatic rings. The van der Waals surface area contributed by atoms with Crippen LogP contribution in [-0.4, -0.2) is 29.9 Å². The van der Waals surface area contributed by atoms with Crippen LogP contribution in [0.4, 0.5) is 0 Å². The van der Waals surface area contributed by atoms with Gasteiger partial charge in [0.15, 0.2) is 0 Å². The van der Waals surface area contributed by atoms with Gasteiger partial charge in [-0.25, -0.2) is 0 Å². The third kappa shape index (κ3) is 2.33. The molecule has 86 valence electrons. The van der Waals surface area contributed by atoms with Crippen molar-refractivity contribution in [3.05, 3.63) is 0 Å². The van der Waals surface area contributed by atoms with Gasteiger partial charge in [0.25, 0.3) is 0 Å². The van der Waals surface area contributed by atoms with E-state index in [1.165, 1.54) is 25.7 Å². The van der Waals surface area contributed by atoms with Crippen LogP contribution in [0.25, 0.3) is 0 Å². The summed E-state index contributed by atoms with van der Waals surface area (Å²) in [5, 5.41) is 0. The number of carbonyl (C=O) groups excluding carboxylic acids is 1. The summed E-state index contributed by atoms with van der Waals surface area (Å²) in [5.74, 6) is 1.18. The van der Waals surface area contributed by atoms with Crippen molar-refractivity contribution in [1.82, 2.24) is 4.90 Å². The Hall–Kier alpha value is -0.570. The fourth-order valence-electron chi connectivity index (χ4n) is 2.69. The fourth-order valence-corrected chi connectivity index (χ4v) is 2.69. The van der Waals surface area contributed by atoms with E-state index in [-0.39, 0.29) is 17.9 Å². The van der Waals surface area contributed by atoms with Gasteiger partial charge < -0.3 is 10.6 Å². The van der Waals surface area contributed by atoms with Crippen molar-refractivity contribution >= 4 is 5.91 Å². The molecule has 0 aromatic heterocycles. The van der Waals surface area contributed by atoms with Gasteiger partial charge in [0.1, 0.15) is 0 Å². The second-order valence-electron chi connectivity index (χ2n) is 5.38. The van der Waals surface area contributed by atoms with E-state index >= 15 is 0 Å². The number of carbonyl (C=O) groups is 1. The third-order valence-electron chi connectivity index (χ3n) is 3.96. The van der Waals surface area contributed by atoms with Gasteiger partial charge in [-0.3, -0.25) is 4.79 Å². The minimum atomic E-state index is 0.132. The maximum atomic E-state index is 12.0. The van der Waals surface area contributed by atoms with Crippen LogP contribution in [0.1, 0.15) is 39.0 Å². The molecule has 2 saturated carbocycles. The summed E-state index contributed by atoms with van der Waals surface area (Å²) in [6.07, 6.45) is 5.83. The van der Waals surface area contributed by atoms with E-state index < -0.39 is 0 Å². The van der Waals surface area contributed by atoms with Gasteiger partial charge in [-0.15, -0.1) is 0 Å². The summed E-state index contributed by atoms with van der Waals surface area (Å²) >= 11 is 0. The lowest BCUT2D eigenvalue weighted by atomic mass is 9.86. The molecule has 0 bridgehead atoms. The predicted octanol–water partition coefficient (Wildman–Crippen LogP) is 1.37. The smallest absolute Gasteiger partial charge is 0.227 e. The summed E-state index contributed by atoms with van der Waals surface area (Å²) < 4.78 is 0. The lowest BCUT2D eigenvalue weighted by Crippen LogP contribution is -2.41. The van der Waals surface area contributed by atoms with E-state index in [0.29, 0.717) is 6.04 Å². The van der Waals surface area contributed by atoms with E-state index in [1.807, 2.05) is 11.9 Å². The van der Waals surface area contributed by atoms with Crippen molar-refractivity contribution in [2.45, 2.75) is 51.1 Å². The van der Waals surface area contributed by atoms with Crippen molar-refractivity contribution in [3.63, 3.8) is 0 Å². The molecule has 2 aliphatic carbocycles. The SMILES string of the molecule is CC1CCCC(N(C)C(=O)C2CC2N)C1. The molecule has 2 rings (SSSR count). The summed E-state index contributed by atoms with van der Waals surface area (Å²) in [6.45, 7) is 2.29. The molecule has 2 fully saturated rings. The van der Waals surface area contributed by atoms with Crippen LogP contribution in [0, 0.1) is 11.8 Å². The molecule has 3 heteroatoms. The summed E-state index contributed by atoms with van der Waals surface area (Å²) in [5.41, 5.74) is 5.71. The number of hydrogen-bond donors (Lipinski definition) is 1. The van der Waals surface area contributed by atoms with E-state index in [2.05, 4.69) is 6.92 Å². The molecule has 0 aliphatic heterocycles. The van der Waals surface area contributed by atoms with Crippen LogP contribution in [0.2, 0.25) is 0 Å². The quantitative estimate of drug-likeness (QED) is 0.748. The maximum absolute atomic E-state index is 12.0. The van der Waals surface area contributed by atoms with Crippen molar-refractivity contribution in [2.75, 3.05) is 7.05 Å². The molecule has 1 amide bonds. The lowest BCUT2D eigenvalue weighted by molar-refractivity contribution is -0.134. The average Bonchev–Trinajstić information content (AvgIpc) is 2.93. The Morgan fingerprint density at radius 2 is 2.00 bits per heavy atom. The van der Waals surface area contributed by atoms with Crippen molar-refractivity contribution in [3.8, 4) is 0 Å². The number of nitrogens with two attached hydrogens (primary N) is 1. The first-order valence-corrected chi connectivity index (χ1v) is 6.12. The zero-order chi connectivity index (χ0) is 11.0. The molecule has 0 saturated heterocycles. The van der Waals surface area contributed by atoms with Crippen molar-refractivity contribution < 1.29 is 4.79 Å². The Kier molecular flexibility index (Phi) is 3.01. The molecule has 2 N–H and O–H groups in total. The van der Waals surface area contributed by atoms with Crippen molar-refractivity contribution in [2.24, 2.45) is 17.6 Å². The minimum Gasteiger partial charge on any atom is -0.342 e. The molecule has 0 aromatic rings. The monoisotopic (exact) mass is 210 g/mol. The second-order valence-corrected chi connectivity index (χ2v) is 5.38. The highest BCUT2D eigenvalue weighted by Gasteiger charge is 2.43. The Morgan fingerprint density at radius 3 is 2.53 bits per heavy atom. The second kappa shape index (κ2) is 4.12. The molecule has 0 heterocycles. The van der Waals surface area contributed by atoms with Crippen LogP contribution in [0.3, 0.4) is 0 Å². The summed E-state index contributed by atoms with van der Waals surface area (Å²) in [4.78, 5) is 13.9. The first-order chi connectivity index (χ1) is 7.09. The van der Waals surface area contributed by atoms with Gasteiger partial charge in [-0.05, 0) is 25.2 Å².